The number of fused-ring (bicyclic) bond motifs is 1. The molecule has 0 aliphatic carbocycles. The fourth-order valence-corrected chi connectivity index (χ4v) is 3.22. The Kier molecular flexibility index (Phi) is 4.33. The summed E-state index contributed by atoms with van der Waals surface area (Å²) in [5.41, 5.74) is 2.49. The number of halogens is 4. The highest BCUT2D eigenvalue weighted by atomic mass is 79.9. The second-order valence-corrected chi connectivity index (χ2v) is 6.68. The summed E-state index contributed by atoms with van der Waals surface area (Å²) in [4.78, 5) is 4.61. The Morgan fingerprint density at radius 3 is 2.71 bits per heavy atom. The number of hydrogen-bond donors (Lipinski definition) is 0. The molecule has 0 saturated heterocycles. The lowest BCUT2D eigenvalue weighted by Crippen LogP contribution is -2.03. The van der Waals surface area contributed by atoms with Crippen LogP contribution in [0, 0.1) is 5.82 Å². The lowest BCUT2D eigenvalue weighted by atomic mass is 10.2. The number of imidazole rings is 1. The van der Waals surface area contributed by atoms with E-state index in [1.807, 2.05) is 22.8 Å². The summed E-state index contributed by atoms with van der Waals surface area (Å²) in [5.74, 6) is 0.975. The fourth-order valence-electron chi connectivity index (χ4n) is 2.28. The molecule has 2 aromatic carbocycles. The topological polar surface area (TPSA) is 17.8 Å². The van der Waals surface area contributed by atoms with Crippen molar-refractivity contribution < 1.29 is 4.39 Å². The van der Waals surface area contributed by atoms with Gasteiger partial charge in [-0.3, -0.25) is 4.57 Å². The first kappa shape index (κ1) is 15.0. The first-order chi connectivity index (χ1) is 10.1. The van der Waals surface area contributed by atoms with Crippen LogP contribution in [0.15, 0.2) is 45.3 Å². The Hall–Kier alpha value is -0.910. The van der Waals surface area contributed by atoms with E-state index in [9.17, 15) is 4.39 Å². The maximum atomic E-state index is 13.6. The molecule has 3 aromatic rings. The van der Waals surface area contributed by atoms with Crippen molar-refractivity contribution in [1.29, 1.82) is 0 Å². The Bertz CT molecular complexity index is 817. The normalized spacial score (nSPS) is 11.2. The number of rotatable bonds is 3. The van der Waals surface area contributed by atoms with Gasteiger partial charge in [-0.05, 0) is 52.3 Å². The van der Waals surface area contributed by atoms with Crippen LogP contribution in [-0.2, 0) is 6.42 Å². The first-order valence-corrected chi connectivity index (χ1v) is 8.40. The zero-order valence-corrected chi connectivity index (χ0v) is 14.7. The van der Waals surface area contributed by atoms with Crippen LogP contribution in [0.2, 0.25) is 0 Å². The summed E-state index contributed by atoms with van der Waals surface area (Å²) < 4.78 is 17.3. The molecule has 1 heterocycles. The standard InChI is InChI=1S/C15H10Br2ClFN2/c16-9-1-4-12-14(7-9)21(15(20-12)5-6-18)13-8-10(19)2-3-11(13)17/h1-4,7-8H,5-6H2. The van der Waals surface area contributed by atoms with E-state index in [4.69, 9.17) is 11.6 Å². The Labute approximate surface area is 143 Å². The first-order valence-electron chi connectivity index (χ1n) is 6.28. The highest BCUT2D eigenvalue weighted by Crippen LogP contribution is 2.29. The molecule has 0 aliphatic heterocycles. The van der Waals surface area contributed by atoms with Crippen LogP contribution in [0.5, 0.6) is 0 Å². The number of hydrogen-bond acceptors (Lipinski definition) is 1. The summed E-state index contributed by atoms with van der Waals surface area (Å²) in [6, 6.07) is 10.4. The van der Waals surface area contributed by atoms with Gasteiger partial charge in [0.15, 0.2) is 0 Å². The molecule has 1 aromatic heterocycles. The highest BCUT2D eigenvalue weighted by molar-refractivity contribution is 9.10. The minimum absolute atomic E-state index is 0.290. The van der Waals surface area contributed by atoms with Crippen molar-refractivity contribution >= 4 is 54.5 Å². The van der Waals surface area contributed by atoms with E-state index in [0.29, 0.717) is 12.3 Å². The number of aromatic nitrogens is 2. The quantitative estimate of drug-likeness (QED) is 0.502. The van der Waals surface area contributed by atoms with Crippen molar-refractivity contribution in [3.8, 4) is 5.69 Å². The van der Waals surface area contributed by atoms with Gasteiger partial charge < -0.3 is 0 Å². The number of aryl methyl sites for hydroxylation is 1. The van der Waals surface area contributed by atoms with Crippen LogP contribution in [0.4, 0.5) is 4.39 Å². The average Bonchev–Trinajstić information content (AvgIpc) is 2.79. The minimum atomic E-state index is -0.290. The van der Waals surface area contributed by atoms with Gasteiger partial charge >= 0.3 is 0 Å². The molecule has 108 valence electrons. The third-order valence-corrected chi connectivity index (χ3v) is 4.51. The predicted octanol–water partition coefficient (Wildman–Crippen LogP) is 5.47. The monoisotopic (exact) mass is 430 g/mol. The van der Waals surface area contributed by atoms with Crippen molar-refractivity contribution in [2.75, 3.05) is 5.88 Å². The maximum Gasteiger partial charge on any atom is 0.125 e. The van der Waals surface area contributed by atoms with Crippen LogP contribution in [0.25, 0.3) is 16.7 Å². The Morgan fingerprint density at radius 1 is 1.14 bits per heavy atom. The van der Waals surface area contributed by atoms with Crippen LogP contribution < -0.4 is 0 Å². The molecule has 0 unspecified atom stereocenters. The molecular weight excluding hydrogens is 422 g/mol. The van der Waals surface area contributed by atoms with Gasteiger partial charge in [0, 0.05) is 21.2 Å². The highest BCUT2D eigenvalue weighted by Gasteiger charge is 2.15. The SMILES string of the molecule is Fc1ccc(Br)c(-n2c(CCCl)nc3ccc(Br)cc32)c1. The second-order valence-electron chi connectivity index (χ2n) is 4.53. The molecule has 6 heteroatoms. The van der Waals surface area contributed by atoms with E-state index in [0.717, 1.165) is 31.5 Å². The average molecular weight is 433 g/mol. The number of alkyl halides is 1. The summed E-state index contributed by atoms with van der Waals surface area (Å²) in [5, 5.41) is 0. The van der Waals surface area contributed by atoms with Crippen molar-refractivity contribution in [3.05, 3.63) is 57.0 Å². The number of benzene rings is 2. The van der Waals surface area contributed by atoms with Crippen LogP contribution in [0.1, 0.15) is 5.82 Å². The van der Waals surface area contributed by atoms with Crippen molar-refractivity contribution in [2.45, 2.75) is 6.42 Å². The Balaban J connectivity index is 2.35. The molecule has 21 heavy (non-hydrogen) atoms. The van der Waals surface area contributed by atoms with Gasteiger partial charge in [0.25, 0.3) is 0 Å². The smallest absolute Gasteiger partial charge is 0.125 e. The molecule has 2 nitrogen and oxygen atoms in total. The number of nitrogens with zero attached hydrogens (tertiary/aromatic N) is 2. The summed E-state index contributed by atoms with van der Waals surface area (Å²) in [6.07, 6.45) is 0.608. The molecule has 3 rings (SSSR count). The molecule has 0 aliphatic rings. The lowest BCUT2D eigenvalue weighted by Gasteiger charge is -2.11. The zero-order valence-electron chi connectivity index (χ0n) is 10.8. The third-order valence-electron chi connectivity index (χ3n) is 3.15. The van der Waals surface area contributed by atoms with E-state index >= 15 is 0 Å². The molecule has 0 amide bonds. The zero-order chi connectivity index (χ0) is 15.0. The molecular formula is C15H10Br2ClFN2. The molecule has 0 spiro atoms. The maximum absolute atomic E-state index is 13.6. The van der Waals surface area contributed by atoms with E-state index in [-0.39, 0.29) is 5.82 Å². The molecule has 0 atom stereocenters. The van der Waals surface area contributed by atoms with Crippen LogP contribution in [0.3, 0.4) is 0 Å². The summed E-state index contributed by atoms with van der Waals surface area (Å²) in [7, 11) is 0. The van der Waals surface area contributed by atoms with E-state index in [1.54, 1.807) is 6.07 Å². The summed E-state index contributed by atoms with van der Waals surface area (Å²) >= 11 is 12.8. The van der Waals surface area contributed by atoms with E-state index < -0.39 is 0 Å². The van der Waals surface area contributed by atoms with Crippen molar-refractivity contribution in [3.63, 3.8) is 0 Å². The van der Waals surface area contributed by atoms with Crippen LogP contribution >= 0.6 is 43.5 Å². The van der Waals surface area contributed by atoms with Crippen LogP contribution in [-0.4, -0.2) is 15.4 Å². The predicted molar refractivity (Wildman–Crippen MR) is 90.9 cm³/mol. The van der Waals surface area contributed by atoms with Gasteiger partial charge in [-0.25, -0.2) is 9.37 Å². The van der Waals surface area contributed by atoms with Crippen molar-refractivity contribution in [1.82, 2.24) is 9.55 Å². The van der Waals surface area contributed by atoms with Gasteiger partial charge in [0.2, 0.25) is 0 Å². The van der Waals surface area contributed by atoms with Gasteiger partial charge in [0.1, 0.15) is 11.6 Å². The van der Waals surface area contributed by atoms with Gasteiger partial charge in [-0.2, -0.15) is 0 Å². The third kappa shape index (κ3) is 2.87. The minimum Gasteiger partial charge on any atom is -0.295 e. The molecule has 0 fully saturated rings. The van der Waals surface area contributed by atoms with E-state index in [2.05, 4.69) is 36.8 Å². The van der Waals surface area contributed by atoms with Gasteiger partial charge in [0.05, 0.1) is 16.7 Å². The van der Waals surface area contributed by atoms with Gasteiger partial charge in [-0.15, -0.1) is 11.6 Å². The summed E-state index contributed by atoms with van der Waals surface area (Å²) in [6.45, 7) is 0. The van der Waals surface area contributed by atoms with E-state index in [1.165, 1.54) is 12.1 Å². The fraction of sp³-hybridized carbons (Fsp3) is 0.133. The Morgan fingerprint density at radius 2 is 1.95 bits per heavy atom. The second kappa shape index (κ2) is 6.07. The van der Waals surface area contributed by atoms with Crippen molar-refractivity contribution in [2.24, 2.45) is 0 Å². The molecule has 0 bridgehead atoms. The van der Waals surface area contributed by atoms with Gasteiger partial charge in [-0.1, -0.05) is 15.9 Å². The molecule has 0 saturated carbocycles. The lowest BCUT2D eigenvalue weighted by molar-refractivity contribution is 0.626. The molecule has 0 radical (unpaired) electrons. The largest absolute Gasteiger partial charge is 0.295 e. The molecule has 0 N–H and O–H groups in total.